The predicted molar refractivity (Wildman–Crippen MR) is 70.9 cm³/mol. The van der Waals surface area contributed by atoms with Crippen molar-refractivity contribution in [3.8, 4) is 0 Å². The molecule has 0 spiro atoms. The van der Waals surface area contributed by atoms with E-state index in [9.17, 15) is 0 Å². The molecule has 0 amide bonds. The molecule has 2 nitrogen and oxygen atoms in total. The number of hydrogen-bond donors (Lipinski definition) is 0. The lowest BCUT2D eigenvalue weighted by Gasteiger charge is -2.38. The van der Waals surface area contributed by atoms with Crippen molar-refractivity contribution >= 4 is 8.32 Å². The largest absolute Gasteiger partial charge is 0.409 e. The molecule has 1 atom stereocenters. The van der Waals surface area contributed by atoms with Gasteiger partial charge < -0.3 is 4.43 Å². The third-order valence-electron chi connectivity index (χ3n) is 3.38. The lowest BCUT2D eigenvalue weighted by Crippen LogP contribution is -2.41. The second-order valence-electron chi connectivity index (χ2n) is 5.77. The van der Waals surface area contributed by atoms with Crippen LogP contribution in [0.1, 0.15) is 39.5 Å². The molecule has 0 N–H and O–H groups in total. The van der Waals surface area contributed by atoms with E-state index in [1.54, 1.807) is 0 Å². The summed E-state index contributed by atoms with van der Waals surface area (Å²) in [4.78, 5) is 4.34. The summed E-state index contributed by atoms with van der Waals surface area (Å²) < 4.78 is 6.26. The Kier molecular flexibility index (Phi) is 3.91. The molecule has 3 heteroatoms. The monoisotopic (exact) mass is 237 g/mol. The molecule has 0 aliphatic heterocycles. The van der Waals surface area contributed by atoms with Gasteiger partial charge in [0.2, 0.25) is 0 Å². The van der Waals surface area contributed by atoms with E-state index in [-0.39, 0.29) is 11.1 Å². The minimum atomic E-state index is -1.69. The van der Waals surface area contributed by atoms with Gasteiger partial charge in [-0.1, -0.05) is 26.8 Å². The molecule has 1 rings (SSSR count). The van der Waals surface area contributed by atoms with Crippen LogP contribution in [0.15, 0.2) is 24.4 Å². The van der Waals surface area contributed by atoms with Crippen molar-refractivity contribution in [1.82, 2.24) is 4.98 Å². The summed E-state index contributed by atoms with van der Waals surface area (Å²) in [6, 6.07) is 5.97. The van der Waals surface area contributed by atoms with Gasteiger partial charge in [0.05, 0.1) is 11.8 Å². The first kappa shape index (κ1) is 13.4. The fourth-order valence-corrected chi connectivity index (χ4v) is 2.65. The molecule has 0 saturated heterocycles. The predicted octanol–water partition coefficient (Wildman–Crippen LogP) is 4.16. The zero-order chi connectivity index (χ0) is 12.4. The van der Waals surface area contributed by atoms with E-state index >= 15 is 0 Å². The Labute approximate surface area is 100 Å². The second-order valence-corrected chi connectivity index (χ2v) is 10.5. The zero-order valence-corrected chi connectivity index (χ0v) is 12.2. The summed E-state index contributed by atoms with van der Waals surface area (Å²) in [7, 11) is -1.69. The molecule has 16 heavy (non-hydrogen) atoms. The fourth-order valence-electron chi connectivity index (χ4n) is 1.30. The van der Waals surface area contributed by atoms with Gasteiger partial charge in [-0.05, 0) is 37.2 Å². The molecule has 1 unspecified atom stereocenters. The molecule has 0 radical (unpaired) electrons. The van der Waals surface area contributed by atoms with Crippen LogP contribution >= 0.6 is 0 Å². The van der Waals surface area contributed by atoms with E-state index in [0.717, 1.165) is 5.69 Å². The van der Waals surface area contributed by atoms with Crippen LogP contribution in [0.4, 0.5) is 0 Å². The highest BCUT2D eigenvalue weighted by molar-refractivity contribution is 6.74. The third-order valence-corrected chi connectivity index (χ3v) is 7.94. The normalized spacial score (nSPS) is 14.9. The van der Waals surface area contributed by atoms with Gasteiger partial charge in [0, 0.05) is 6.20 Å². The van der Waals surface area contributed by atoms with Crippen molar-refractivity contribution in [2.24, 2.45) is 0 Å². The molecule has 0 aliphatic rings. The molecular weight excluding hydrogens is 214 g/mol. The van der Waals surface area contributed by atoms with Gasteiger partial charge in [0.1, 0.15) is 0 Å². The number of hydrogen-bond acceptors (Lipinski definition) is 2. The van der Waals surface area contributed by atoms with Crippen molar-refractivity contribution in [2.45, 2.75) is 51.9 Å². The van der Waals surface area contributed by atoms with Gasteiger partial charge in [-0.15, -0.1) is 0 Å². The molecule has 0 saturated carbocycles. The Morgan fingerprint density at radius 2 is 1.88 bits per heavy atom. The molecule has 0 fully saturated rings. The molecule has 1 aromatic rings. The second kappa shape index (κ2) is 4.68. The minimum Gasteiger partial charge on any atom is -0.409 e. The van der Waals surface area contributed by atoms with Crippen LogP contribution in [0.25, 0.3) is 0 Å². The molecule has 0 aromatic carbocycles. The van der Waals surface area contributed by atoms with Gasteiger partial charge in [0.25, 0.3) is 0 Å². The first-order valence-corrected chi connectivity index (χ1v) is 8.73. The van der Waals surface area contributed by atoms with Crippen LogP contribution in [0.3, 0.4) is 0 Å². The molecular formula is C13H23NOSi. The Hall–Kier alpha value is -0.673. The SMILES string of the molecule is CC(O[Si](C)(C)C(C)(C)C)c1ccccn1. The van der Waals surface area contributed by atoms with Crippen LogP contribution in [-0.4, -0.2) is 13.3 Å². The van der Waals surface area contributed by atoms with Crippen molar-refractivity contribution in [2.75, 3.05) is 0 Å². The first-order valence-electron chi connectivity index (χ1n) is 5.83. The minimum absolute atomic E-state index is 0.0853. The maximum absolute atomic E-state index is 6.26. The summed E-state index contributed by atoms with van der Waals surface area (Å²) in [5.74, 6) is 0. The number of rotatable bonds is 3. The van der Waals surface area contributed by atoms with E-state index in [0.29, 0.717) is 0 Å². The highest BCUT2D eigenvalue weighted by atomic mass is 28.4. The number of pyridine rings is 1. The van der Waals surface area contributed by atoms with Crippen LogP contribution in [0.2, 0.25) is 18.1 Å². The summed E-state index contributed by atoms with van der Waals surface area (Å²) in [6.45, 7) is 13.4. The number of nitrogens with zero attached hydrogens (tertiary/aromatic N) is 1. The van der Waals surface area contributed by atoms with E-state index in [1.807, 2.05) is 24.4 Å². The van der Waals surface area contributed by atoms with Gasteiger partial charge in [0.15, 0.2) is 8.32 Å². The van der Waals surface area contributed by atoms with Crippen molar-refractivity contribution in [3.05, 3.63) is 30.1 Å². The van der Waals surface area contributed by atoms with E-state index in [4.69, 9.17) is 4.43 Å². The smallest absolute Gasteiger partial charge is 0.192 e. The fraction of sp³-hybridized carbons (Fsp3) is 0.615. The van der Waals surface area contributed by atoms with Crippen molar-refractivity contribution < 1.29 is 4.43 Å². The highest BCUT2D eigenvalue weighted by Gasteiger charge is 2.38. The molecule has 90 valence electrons. The maximum atomic E-state index is 6.26. The van der Waals surface area contributed by atoms with E-state index in [1.165, 1.54) is 0 Å². The van der Waals surface area contributed by atoms with Gasteiger partial charge in [-0.3, -0.25) is 4.98 Å². The topological polar surface area (TPSA) is 22.1 Å². The average Bonchev–Trinajstić information content (AvgIpc) is 2.16. The van der Waals surface area contributed by atoms with Gasteiger partial charge in [-0.2, -0.15) is 0 Å². The van der Waals surface area contributed by atoms with Crippen LogP contribution < -0.4 is 0 Å². The summed E-state index contributed by atoms with van der Waals surface area (Å²) in [5.41, 5.74) is 1.02. The standard InChI is InChI=1S/C13H23NOSi/c1-11(12-9-7-8-10-14-12)15-16(5,6)13(2,3)4/h7-11H,1-6H3. The quantitative estimate of drug-likeness (QED) is 0.736. The maximum Gasteiger partial charge on any atom is 0.192 e. The zero-order valence-electron chi connectivity index (χ0n) is 11.2. The molecule has 0 aliphatic carbocycles. The lowest BCUT2D eigenvalue weighted by atomic mass is 10.2. The van der Waals surface area contributed by atoms with Crippen LogP contribution in [-0.2, 0) is 4.43 Å². The summed E-state index contributed by atoms with van der Waals surface area (Å²) in [5, 5.41) is 0.246. The van der Waals surface area contributed by atoms with E-state index in [2.05, 4.69) is 45.8 Å². The van der Waals surface area contributed by atoms with E-state index < -0.39 is 8.32 Å². The average molecular weight is 237 g/mol. The van der Waals surface area contributed by atoms with Crippen LogP contribution in [0.5, 0.6) is 0 Å². The Balaban J connectivity index is 2.76. The van der Waals surface area contributed by atoms with Crippen LogP contribution in [0, 0.1) is 0 Å². The molecule has 0 bridgehead atoms. The Bertz CT molecular complexity index is 330. The number of aromatic nitrogens is 1. The highest BCUT2D eigenvalue weighted by Crippen LogP contribution is 2.39. The van der Waals surface area contributed by atoms with Gasteiger partial charge >= 0.3 is 0 Å². The summed E-state index contributed by atoms with van der Waals surface area (Å²) >= 11 is 0. The first-order chi connectivity index (χ1) is 7.24. The third kappa shape index (κ3) is 3.16. The summed E-state index contributed by atoms with van der Waals surface area (Å²) in [6.07, 6.45) is 1.91. The lowest BCUT2D eigenvalue weighted by molar-refractivity contribution is 0.198. The van der Waals surface area contributed by atoms with Crippen molar-refractivity contribution in [3.63, 3.8) is 0 Å². The van der Waals surface area contributed by atoms with Gasteiger partial charge in [-0.25, -0.2) is 0 Å². The molecule has 1 aromatic heterocycles. The Morgan fingerprint density at radius 3 is 2.31 bits per heavy atom. The molecule has 1 heterocycles. The van der Waals surface area contributed by atoms with Crippen molar-refractivity contribution in [1.29, 1.82) is 0 Å². The Morgan fingerprint density at radius 1 is 1.25 bits per heavy atom.